The summed E-state index contributed by atoms with van der Waals surface area (Å²) in [5.41, 5.74) is 1.42. The first kappa shape index (κ1) is 19.1. The van der Waals surface area contributed by atoms with E-state index in [1.807, 2.05) is 35.2 Å². The van der Waals surface area contributed by atoms with Crippen molar-refractivity contribution in [2.45, 2.75) is 18.9 Å². The molecule has 150 valence electrons. The largest absolute Gasteiger partial charge is 0.497 e. The van der Waals surface area contributed by atoms with Crippen LogP contribution in [-0.4, -0.2) is 49.2 Å². The van der Waals surface area contributed by atoms with Crippen LogP contribution in [0.2, 0.25) is 0 Å². The second-order valence-corrected chi connectivity index (χ2v) is 7.01. The Kier molecular flexibility index (Phi) is 5.51. The molecule has 0 spiro atoms. The maximum Gasteiger partial charge on any atom is 0.257 e. The summed E-state index contributed by atoms with van der Waals surface area (Å²) >= 11 is 0. The quantitative estimate of drug-likeness (QED) is 0.658. The average Bonchev–Trinajstić information content (AvgIpc) is 2.79. The number of piperidine rings is 1. The molecular weight excluding hydrogens is 368 g/mol. The van der Waals surface area contributed by atoms with Gasteiger partial charge in [-0.15, -0.1) is 0 Å². The van der Waals surface area contributed by atoms with Crippen molar-refractivity contribution in [3.05, 3.63) is 60.3 Å². The Hall–Kier alpha value is -3.28. The molecule has 0 atom stereocenters. The summed E-state index contributed by atoms with van der Waals surface area (Å²) in [6, 6.07) is 15.2. The second-order valence-electron chi connectivity index (χ2n) is 7.01. The third kappa shape index (κ3) is 3.97. The fraction of sp³-hybridized carbons (Fsp3) is 0.304. The van der Waals surface area contributed by atoms with Crippen molar-refractivity contribution in [1.82, 2.24) is 9.88 Å². The number of hydrogen-bond donors (Lipinski definition) is 0. The molecule has 0 radical (unpaired) electrons. The van der Waals surface area contributed by atoms with Gasteiger partial charge in [-0.3, -0.25) is 9.78 Å². The Morgan fingerprint density at radius 2 is 1.79 bits per heavy atom. The van der Waals surface area contributed by atoms with Crippen molar-refractivity contribution >= 4 is 16.8 Å². The van der Waals surface area contributed by atoms with Crippen LogP contribution in [0.5, 0.6) is 17.2 Å². The summed E-state index contributed by atoms with van der Waals surface area (Å²) in [5, 5.41) is 1.06. The van der Waals surface area contributed by atoms with Gasteiger partial charge in [0.2, 0.25) is 0 Å². The van der Waals surface area contributed by atoms with Gasteiger partial charge in [0, 0.05) is 43.6 Å². The Labute approximate surface area is 170 Å². The Bertz CT molecular complexity index is 1010. The van der Waals surface area contributed by atoms with Crippen LogP contribution in [0.1, 0.15) is 23.2 Å². The molecule has 2 heterocycles. The van der Waals surface area contributed by atoms with Gasteiger partial charge in [-0.1, -0.05) is 18.2 Å². The lowest BCUT2D eigenvalue weighted by Gasteiger charge is -2.32. The van der Waals surface area contributed by atoms with Gasteiger partial charge in [-0.05, 0) is 24.3 Å². The molecule has 1 amide bonds. The summed E-state index contributed by atoms with van der Waals surface area (Å²) < 4.78 is 16.8. The number of methoxy groups -OCH3 is 2. The van der Waals surface area contributed by atoms with Crippen molar-refractivity contribution in [3.63, 3.8) is 0 Å². The van der Waals surface area contributed by atoms with E-state index in [1.54, 1.807) is 38.6 Å². The van der Waals surface area contributed by atoms with Crippen LogP contribution in [0.3, 0.4) is 0 Å². The highest BCUT2D eigenvalue weighted by Gasteiger charge is 2.27. The highest BCUT2D eigenvalue weighted by molar-refractivity contribution is 5.97. The standard InChI is InChI=1S/C23H24N2O4/c1-27-18-8-9-19(21(15-18)28-2)23(26)25-13-10-17(11-14-25)29-20-7-3-5-16-6-4-12-24-22(16)20/h3-9,12,15,17H,10-11,13-14H2,1-2H3. The van der Waals surface area contributed by atoms with Crippen molar-refractivity contribution in [3.8, 4) is 17.2 Å². The molecule has 1 saturated heterocycles. The van der Waals surface area contributed by atoms with E-state index in [-0.39, 0.29) is 12.0 Å². The molecule has 0 aliphatic carbocycles. The van der Waals surface area contributed by atoms with Crippen LogP contribution in [0, 0.1) is 0 Å². The van der Waals surface area contributed by atoms with E-state index in [0.29, 0.717) is 30.2 Å². The molecule has 1 aliphatic heterocycles. The lowest BCUT2D eigenvalue weighted by atomic mass is 10.1. The van der Waals surface area contributed by atoms with Crippen molar-refractivity contribution < 1.29 is 19.0 Å². The number of likely N-dealkylation sites (tertiary alicyclic amines) is 1. The SMILES string of the molecule is COc1ccc(C(=O)N2CCC(Oc3cccc4cccnc34)CC2)c(OC)c1. The number of amides is 1. The molecule has 29 heavy (non-hydrogen) atoms. The molecule has 4 rings (SSSR count). The Morgan fingerprint density at radius 1 is 1.00 bits per heavy atom. The number of fused-ring (bicyclic) bond motifs is 1. The minimum absolute atomic E-state index is 0.0326. The summed E-state index contributed by atoms with van der Waals surface area (Å²) in [5.74, 6) is 1.95. The third-order valence-corrected chi connectivity index (χ3v) is 5.26. The molecule has 6 nitrogen and oxygen atoms in total. The van der Waals surface area contributed by atoms with Gasteiger partial charge in [-0.2, -0.15) is 0 Å². The van der Waals surface area contributed by atoms with Crippen LogP contribution in [0.4, 0.5) is 0 Å². The molecule has 3 aromatic rings. The maximum absolute atomic E-state index is 13.0. The van der Waals surface area contributed by atoms with E-state index in [1.165, 1.54) is 0 Å². The van der Waals surface area contributed by atoms with Gasteiger partial charge < -0.3 is 19.1 Å². The summed E-state index contributed by atoms with van der Waals surface area (Å²) in [4.78, 5) is 19.3. The van der Waals surface area contributed by atoms with Crippen LogP contribution in [0.15, 0.2) is 54.7 Å². The third-order valence-electron chi connectivity index (χ3n) is 5.26. The number of rotatable bonds is 5. The molecule has 2 aromatic carbocycles. The number of carbonyl (C=O) groups excluding carboxylic acids is 1. The molecule has 0 saturated carbocycles. The minimum atomic E-state index is -0.0326. The first-order chi connectivity index (χ1) is 14.2. The number of benzene rings is 2. The van der Waals surface area contributed by atoms with E-state index >= 15 is 0 Å². The number of nitrogens with zero attached hydrogens (tertiary/aromatic N) is 2. The maximum atomic E-state index is 13.0. The molecule has 1 fully saturated rings. The highest BCUT2D eigenvalue weighted by Crippen LogP contribution is 2.29. The van der Waals surface area contributed by atoms with Crippen LogP contribution in [-0.2, 0) is 0 Å². The Balaban J connectivity index is 1.42. The van der Waals surface area contributed by atoms with Gasteiger partial charge in [-0.25, -0.2) is 0 Å². The lowest BCUT2D eigenvalue weighted by molar-refractivity contribution is 0.0594. The fourth-order valence-corrected chi connectivity index (χ4v) is 3.67. The monoisotopic (exact) mass is 392 g/mol. The number of ether oxygens (including phenoxy) is 3. The summed E-state index contributed by atoms with van der Waals surface area (Å²) in [7, 11) is 3.15. The van der Waals surface area contributed by atoms with Gasteiger partial charge in [0.15, 0.2) is 0 Å². The minimum Gasteiger partial charge on any atom is -0.497 e. The Morgan fingerprint density at radius 3 is 2.55 bits per heavy atom. The van der Waals surface area contributed by atoms with Crippen LogP contribution in [0.25, 0.3) is 10.9 Å². The van der Waals surface area contributed by atoms with E-state index in [9.17, 15) is 4.79 Å². The fourth-order valence-electron chi connectivity index (χ4n) is 3.67. The van der Waals surface area contributed by atoms with Crippen LogP contribution >= 0.6 is 0 Å². The molecule has 1 aromatic heterocycles. The van der Waals surface area contributed by atoms with Crippen molar-refractivity contribution in [1.29, 1.82) is 0 Å². The molecule has 6 heteroatoms. The normalized spacial score (nSPS) is 14.6. The summed E-state index contributed by atoms with van der Waals surface area (Å²) in [6.07, 6.45) is 3.38. The number of carbonyl (C=O) groups is 1. The predicted molar refractivity (Wildman–Crippen MR) is 111 cm³/mol. The van der Waals surface area contributed by atoms with Crippen molar-refractivity contribution in [2.24, 2.45) is 0 Å². The van der Waals surface area contributed by atoms with Gasteiger partial charge in [0.1, 0.15) is 28.9 Å². The van der Waals surface area contributed by atoms with E-state index in [2.05, 4.69) is 4.98 Å². The lowest BCUT2D eigenvalue weighted by Crippen LogP contribution is -2.41. The van der Waals surface area contributed by atoms with E-state index < -0.39 is 0 Å². The molecule has 0 N–H and O–H groups in total. The molecule has 1 aliphatic rings. The zero-order chi connectivity index (χ0) is 20.2. The topological polar surface area (TPSA) is 60.9 Å². The first-order valence-corrected chi connectivity index (χ1v) is 9.71. The first-order valence-electron chi connectivity index (χ1n) is 9.71. The average molecular weight is 392 g/mol. The van der Waals surface area contributed by atoms with E-state index in [4.69, 9.17) is 14.2 Å². The van der Waals surface area contributed by atoms with Gasteiger partial charge in [0.05, 0.1) is 19.8 Å². The smallest absolute Gasteiger partial charge is 0.257 e. The highest BCUT2D eigenvalue weighted by atomic mass is 16.5. The number of hydrogen-bond acceptors (Lipinski definition) is 5. The molecule has 0 bridgehead atoms. The zero-order valence-electron chi connectivity index (χ0n) is 16.6. The van der Waals surface area contributed by atoms with Crippen molar-refractivity contribution in [2.75, 3.05) is 27.3 Å². The van der Waals surface area contributed by atoms with Gasteiger partial charge in [0.25, 0.3) is 5.91 Å². The summed E-state index contributed by atoms with van der Waals surface area (Å²) in [6.45, 7) is 1.27. The predicted octanol–water partition coefficient (Wildman–Crippen LogP) is 3.94. The van der Waals surface area contributed by atoms with E-state index in [0.717, 1.165) is 29.5 Å². The van der Waals surface area contributed by atoms with Gasteiger partial charge >= 0.3 is 0 Å². The second kappa shape index (κ2) is 8.39. The molecule has 0 unspecified atom stereocenters. The number of para-hydroxylation sites is 1. The molecular formula is C23H24N2O4. The number of pyridine rings is 1. The zero-order valence-corrected chi connectivity index (χ0v) is 16.6. The number of aromatic nitrogens is 1. The van der Waals surface area contributed by atoms with Crippen LogP contribution < -0.4 is 14.2 Å².